The average molecular weight is 265 g/mol. The molecule has 5 nitrogen and oxygen atoms in total. The van der Waals surface area contributed by atoms with E-state index in [1.54, 1.807) is 18.0 Å². The maximum Gasteiger partial charge on any atom is 0.243 e. The number of hydrogen-bond donors (Lipinski definition) is 2. The highest BCUT2D eigenvalue weighted by molar-refractivity contribution is 7.99. The van der Waals surface area contributed by atoms with Gasteiger partial charge in [-0.1, -0.05) is 6.07 Å². The summed E-state index contributed by atoms with van der Waals surface area (Å²) in [6, 6.07) is 5.11. The Balaban J connectivity index is 1.85. The summed E-state index contributed by atoms with van der Waals surface area (Å²) in [7, 11) is 0. The van der Waals surface area contributed by atoms with Crippen LogP contribution in [-0.2, 0) is 16.1 Å². The Morgan fingerprint density at radius 1 is 1.56 bits per heavy atom. The number of carbonyl (C=O) groups excluding carboxylic acids is 2. The van der Waals surface area contributed by atoms with E-state index in [9.17, 15) is 9.59 Å². The van der Waals surface area contributed by atoms with Crippen molar-refractivity contribution in [1.29, 1.82) is 0 Å². The second-order valence-electron chi connectivity index (χ2n) is 3.98. The molecular weight excluding hydrogens is 250 g/mol. The first-order valence-corrected chi connectivity index (χ1v) is 6.96. The maximum absolute atomic E-state index is 11.9. The van der Waals surface area contributed by atoms with E-state index in [4.69, 9.17) is 0 Å². The summed E-state index contributed by atoms with van der Waals surface area (Å²) in [4.78, 5) is 27.4. The van der Waals surface area contributed by atoms with Crippen LogP contribution in [0.1, 0.15) is 12.1 Å². The molecule has 0 saturated carbocycles. The Bertz CT molecular complexity index is 425. The number of amides is 2. The zero-order valence-corrected chi connectivity index (χ0v) is 10.7. The van der Waals surface area contributed by atoms with Crippen molar-refractivity contribution in [3.63, 3.8) is 0 Å². The number of nitrogens with one attached hydrogen (secondary N) is 2. The van der Waals surface area contributed by atoms with Crippen LogP contribution in [0.25, 0.3) is 0 Å². The molecular formula is C12H15N3O2S. The number of nitrogens with zero attached hydrogens (tertiary/aromatic N) is 1. The van der Waals surface area contributed by atoms with Gasteiger partial charge in [-0.3, -0.25) is 14.6 Å². The zero-order valence-electron chi connectivity index (χ0n) is 9.89. The molecule has 1 aliphatic heterocycles. The van der Waals surface area contributed by atoms with Crippen molar-refractivity contribution in [2.45, 2.75) is 19.0 Å². The minimum Gasteiger partial charge on any atom is -0.349 e. The SMILES string of the molecule is O=C1CCSC[C@H](C(=O)NCc2ccccn2)N1. The van der Waals surface area contributed by atoms with E-state index in [0.717, 1.165) is 11.4 Å². The van der Waals surface area contributed by atoms with Gasteiger partial charge >= 0.3 is 0 Å². The highest BCUT2D eigenvalue weighted by atomic mass is 32.2. The molecule has 2 heterocycles. The topological polar surface area (TPSA) is 71.1 Å². The Kier molecular flexibility index (Phi) is 4.58. The summed E-state index contributed by atoms with van der Waals surface area (Å²) >= 11 is 1.62. The molecule has 2 rings (SSSR count). The average Bonchev–Trinajstić information content (AvgIpc) is 2.62. The van der Waals surface area contributed by atoms with Crippen molar-refractivity contribution in [2.24, 2.45) is 0 Å². The number of thioether (sulfide) groups is 1. The van der Waals surface area contributed by atoms with Crippen LogP contribution in [0, 0.1) is 0 Å². The molecule has 1 saturated heterocycles. The number of pyridine rings is 1. The van der Waals surface area contributed by atoms with E-state index in [-0.39, 0.29) is 11.8 Å². The second-order valence-corrected chi connectivity index (χ2v) is 5.13. The van der Waals surface area contributed by atoms with Crippen LogP contribution in [0.2, 0.25) is 0 Å². The fourth-order valence-electron chi connectivity index (χ4n) is 1.62. The molecule has 0 aliphatic carbocycles. The van der Waals surface area contributed by atoms with Crippen molar-refractivity contribution >= 4 is 23.6 Å². The quantitative estimate of drug-likeness (QED) is 0.825. The van der Waals surface area contributed by atoms with Gasteiger partial charge in [0.1, 0.15) is 6.04 Å². The first-order valence-electron chi connectivity index (χ1n) is 5.80. The van der Waals surface area contributed by atoms with E-state index in [2.05, 4.69) is 15.6 Å². The van der Waals surface area contributed by atoms with Gasteiger partial charge in [0.2, 0.25) is 11.8 Å². The molecule has 2 amide bonds. The standard InChI is InChI=1S/C12H15N3O2S/c16-11-4-6-18-8-10(15-11)12(17)14-7-9-3-1-2-5-13-9/h1-3,5,10H,4,6-8H2,(H,14,17)(H,15,16)/t10-/m1/s1. The summed E-state index contributed by atoms with van der Waals surface area (Å²) in [5.74, 6) is 1.19. The summed E-state index contributed by atoms with van der Waals surface area (Å²) in [6.07, 6.45) is 2.17. The van der Waals surface area contributed by atoms with Crippen LogP contribution in [0.3, 0.4) is 0 Å². The number of rotatable bonds is 3. The summed E-state index contributed by atoms with van der Waals surface area (Å²) < 4.78 is 0. The molecule has 0 aromatic carbocycles. The summed E-state index contributed by atoms with van der Waals surface area (Å²) in [5, 5.41) is 5.51. The van der Waals surface area contributed by atoms with Gasteiger partial charge in [0.25, 0.3) is 0 Å². The van der Waals surface area contributed by atoms with E-state index in [1.807, 2.05) is 18.2 Å². The van der Waals surface area contributed by atoms with Crippen LogP contribution in [0.15, 0.2) is 24.4 Å². The predicted octanol–water partition coefficient (Wildman–Crippen LogP) is 0.319. The fraction of sp³-hybridized carbons (Fsp3) is 0.417. The highest BCUT2D eigenvalue weighted by Crippen LogP contribution is 2.09. The van der Waals surface area contributed by atoms with E-state index in [1.165, 1.54) is 0 Å². The van der Waals surface area contributed by atoms with Gasteiger partial charge in [-0.15, -0.1) is 0 Å². The summed E-state index contributed by atoms with van der Waals surface area (Å²) in [6.45, 7) is 0.386. The van der Waals surface area contributed by atoms with Gasteiger partial charge < -0.3 is 10.6 Å². The molecule has 1 aromatic rings. The largest absolute Gasteiger partial charge is 0.349 e. The lowest BCUT2D eigenvalue weighted by Crippen LogP contribution is -2.47. The molecule has 1 atom stereocenters. The first kappa shape index (κ1) is 12.9. The third kappa shape index (κ3) is 3.73. The molecule has 2 N–H and O–H groups in total. The highest BCUT2D eigenvalue weighted by Gasteiger charge is 2.23. The molecule has 0 bridgehead atoms. The van der Waals surface area contributed by atoms with Gasteiger partial charge in [-0.25, -0.2) is 0 Å². The minimum absolute atomic E-state index is 0.0574. The number of carbonyl (C=O) groups is 2. The van der Waals surface area contributed by atoms with Crippen LogP contribution in [-0.4, -0.2) is 34.3 Å². The van der Waals surface area contributed by atoms with Gasteiger partial charge in [-0.2, -0.15) is 11.8 Å². The Labute approximate surface area is 110 Å². The minimum atomic E-state index is -0.436. The zero-order chi connectivity index (χ0) is 12.8. The van der Waals surface area contributed by atoms with Crippen molar-refractivity contribution < 1.29 is 9.59 Å². The smallest absolute Gasteiger partial charge is 0.243 e. The van der Waals surface area contributed by atoms with Crippen molar-refractivity contribution in [2.75, 3.05) is 11.5 Å². The van der Waals surface area contributed by atoms with Gasteiger partial charge in [0.05, 0.1) is 12.2 Å². The van der Waals surface area contributed by atoms with Crippen LogP contribution < -0.4 is 10.6 Å². The molecule has 1 aromatic heterocycles. The molecule has 96 valence electrons. The lowest BCUT2D eigenvalue weighted by Gasteiger charge is -2.14. The first-order chi connectivity index (χ1) is 8.75. The maximum atomic E-state index is 11.9. The van der Waals surface area contributed by atoms with Crippen LogP contribution in [0.4, 0.5) is 0 Å². The number of hydrogen-bond acceptors (Lipinski definition) is 4. The molecule has 0 spiro atoms. The van der Waals surface area contributed by atoms with Crippen molar-refractivity contribution in [3.05, 3.63) is 30.1 Å². The van der Waals surface area contributed by atoms with Gasteiger partial charge in [-0.05, 0) is 12.1 Å². The lowest BCUT2D eigenvalue weighted by atomic mass is 10.3. The normalized spacial score (nSPS) is 19.8. The third-order valence-electron chi connectivity index (χ3n) is 2.58. The molecule has 6 heteroatoms. The van der Waals surface area contributed by atoms with E-state index in [0.29, 0.717) is 18.7 Å². The molecule has 1 fully saturated rings. The predicted molar refractivity (Wildman–Crippen MR) is 70.0 cm³/mol. The molecule has 1 aliphatic rings. The Morgan fingerprint density at radius 2 is 2.44 bits per heavy atom. The fourth-order valence-corrected chi connectivity index (χ4v) is 2.59. The van der Waals surface area contributed by atoms with Crippen molar-refractivity contribution in [1.82, 2.24) is 15.6 Å². The molecule has 0 radical (unpaired) electrons. The molecule has 0 unspecified atom stereocenters. The monoisotopic (exact) mass is 265 g/mol. The van der Waals surface area contributed by atoms with E-state index < -0.39 is 6.04 Å². The number of aromatic nitrogens is 1. The second kappa shape index (κ2) is 6.39. The van der Waals surface area contributed by atoms with E-state index >= 15 is 0 Å². The Hall–Kier alpha value is -1.56. The third-order valence-corrected chi connectivity index (χ3v) is 3.64. The summed E-state index contributed by atoms with van der Waals surface area (Å²) in [5.41, 5.74) is 0.804. The van der Waals surface area contributed by atoms with Crippen LogP contribution >= 0.6 is 11.8 Å². The lowest BCUT2D eigenvalue weighted by molar-refractivity contribution is -0.128. The van der Waals surface area contributed by atoms with Crippen molar-refractivity contribution in [3.8, 4) is 0 Å². The Morgan fingerprint density at radius 3 is 3.22 bits per heavy atom. The van der Waals surface area contributed by atoms with Crippen LogP contribution in [0.5, 0.6) is 0 Å². The van der Waals surface area contributed by atoms with Gasteiger partial charge in [0.15, 0.2) is 0 Å². The van der Waals surface area contributed by atoms with Gasteiger partial charge in [0, 0.05) is 24.1 Å². The molecule has 18 heavy (non-hydrogen) atoms.